The van der Waals surface area contributed by atoms with Crippen molar-refractivity contribution in [3.05, 3.63) is 52.0 Å². The van der Waals surface area contributed by atoms with Crippen molar-refractivity contribution in [1.82, 2.24) is 19.7 Å². The number of nitrogens with one attached hydrogen (secondary N) is 1. The summed E-state index contributed by atoms with van der Waals surface area (Å²) in [6, 6.07) is 10.3. The first-order chi connectivity index (χ1) is 11.1. The van der Waals surface area contributed by atoms with Crippen LogP contribution in [0.2, 0.25) is 10.4 Å². The van der Waals surface area contributed by atoms with Crippen LogP contribution in [0.15, 0.2) is 34.7 Å². The Morgan fingerprint density at radius 3 is 2.70 bits per heavy atom. The van der Waals surface area contributed by atoms with Crippen LogP contribution in [-0.4, -0.2) is 19.7 Å². The van der Waals surface area contributed by atoms with Gasteiger partial charge in [0.05, 0.1) is 12.2 Å². The minimum atomic E-state index is 0.364. The third-order valence-electron chi connectivity index (χ3n) is 3.13. The molecule has 0 unspecified atom stereocenters. The van der Waals surface area contributed by atoms with Crippen molar-refractivity contribution in [3.8, 4) is 0 Å². The molecular formula is C14H13Cl2N5S2. The number of rotatable bonds is 6. The van der Waals surface area contributed by atoms with Gasteiger partial charge < -0.3 is 9.88 Å². The quantitative estimate of drug-likeness (QED) is 0.633. The third-order valence-corrected chi connectivity index (χ3v) is 5.86. The van der Waals surface area contributed by atoms with Gasteiger partial charge in [-0.05, 0) is 17.2 Å². The number of benzene rings is 1. The topological polar surface area (TPSA) is 55.6 Å². The molecular weight excluding hydrogens is 373 g/mol. The molecule has 0 atom stereocenters. The molecule has 0 aliphatic carbocycles. The van der Waals surface area contributed by atoms with E-state index in [9.17, 15) is 0 Å². The van der Waals surface area contributed by atoms with Crippen LogP contribution in [-0.2, 0) is 19.3 Å². The largest absolute Gasteiger partial charge is 0.354 e. The van der Waals surface area contributed by atoms with Crippen LogP contribution < -0.4 is 5.32 Å². The molecule has 0 amide bonds. The Morgan fingerprint density at radius 1 is 1.22 bits per heavy atom. The standard InChI is InChI=1S/C14H13Cl2N5S2/c1-21-10(11(15)18-12(21)16)7-17-13-19-20-14(23-13)22-8-9-5-3-2-4-6-9/h2-6H,7-8H2,1H3,(H,17,19). The van der Waals surface area contributed by atoms with Crippen molar-refractivity contribution < 1.29 is 0 Å². The zero-order valence-electron chi connectivity index (χ0n) is 12.2. The Balaban J connectivity index is 1.57. The molecule has 3 rings (SSSR count). The fourth-order valence-electron chi connectivity index (χ4n) is 1.88. The SMILES string of the molecule is Cn1c(Cl)nc(Cl)c1CNc1nnc(SCc2ccccc2)s1. The van der Waals surface area contributed by atoms with Gasteiger partial charge in [-0.2, -0.15) is 0 Å². The lowest BCUT2D eigenvalue weighted by atomic mass is 10.2. The second kappa shape index (κ2) is 7.53. The molecule has 0 saturated carbocycles. The highest BCUT2D eigenvalue weighted by atomic mass is 35.5. The highest BCUT2D eigenvalue weighted by molar-refractivity contribution is 8.00. The van der Waals surface area contributed by atoms with E-state index in [1.807, 2.05) is 25.2 Å². The van der Waals surface area contributed by atoms with Gasteiger partial charge in [-0.3, -0.25) is 0 Å². The van der Waals surface area contributed by atoms with E-state index < -0.39 is 0 Å². The third kappa shape index (κ3) is 4.17. The maximum atomic E-state index is 6.05. The van der Waals surface area contributed by atoms with Gasteiger partial charge >= 0.3 is 0 Å². The fourth-order valence-corrected chi connectivity index (χ4v) is 4.09. The monoisotopic (exact) mass is 385 g/mol. The molecule has 0 saturated heterocycles. The summed E-state index contributed by atoms with van der Waals surface area (Å²) in [5.74, 6) is 0.874. The summed E-state index contributed by atoms with van der Waals surface area (Å²) in [5.41, 5.74) is 2.07. The van der Waals surface area contributed by atoms with E-state index in [1.165, 1.54) is 16.9 Å². The fraction of sp³-hybridized carbons (Fsp3) is 0.214. The molecule has 0 radical (unpaired) electrons. The van der Waals surface area contributed by atoms with E-state index in [2.05, 4.69) is 32.6 Å². The molecule has 3 aromatic rings. The van der Waals surface area contributed by atoms with Gasteiger partial charge in [-0.25, -0.2) is 4.98 Å². The van der Waals surface area contributed by atoms with E-state index in [0.717, 1.165) is 20.9 Å². The van der Waals surface area contributed by atoms with Gasteiger partial charge in [0.2, 0.25) is 10.4 Å². The van der Waals surface area contributed by atoms with Crippen molar-refractivity contribution in [3.63, 3.8) is 0 Å². The second-order valence-electron chi connectivity index (χ2n) is 4.68. The number of thioether (sulfide) groups is 1. The number of aromatic nitrogens is 4. The molecule has 5 nitrogen and oxygen atoms in total. The summed E-state index contributed by atoms with van der Waals surface area (Å²) in [4.78, 5) is 4.01. The Hall–Kier alpha value is -1.28. The van der Waals surface area contributed by atoms with Crippen LogP contribution in [0.1, 0.15) is 11.3 Å². The zero-order valence-corrected chi connectivity index (χ0v) is 15.3. The van der Waals surface area contributed by atoms with Gasteiger partial charge in [0.1, 0.15) is 0 Å². The van der Waals surface area contributed by atoms with E-state index in [-0.39, 0.29) is 0 Å². The molecule has 2 aromatic heterocycles. The van der Waals surface area contributed by atoms with Gasteiger partial charge in [-0.1, -0.05) is 65.0 Å². The molecule has 1 N–H and O–H groups in total. The minimum Gasteiger partial charge on any atom is -0.354 e. The Kier molecular flexibility index (Phi) is 5.42. The number of imidazole rings is 1. The number of anilines is 1. The molecule has 120 valence electrons. The van der Waals surface area contributed by atoms with E-state index in [1.54, 1.807) is 16.3 Å². The van der Waals surface area contributed by atoms with Crippen LogP contribution in [0.5, 0.6) is 0 Å². The number of hydrogen-bond donors (Lipinski definition) is 1. The molecule has 9 heteroatoms. The maximum absolute atomic E-state index is 6.05. The van der Waals surface area contributed by atoms with Gasteiger partial charge in [-0.15, -0.1) is 10.2 Å². The molecule has 0 fully saturated rings. The van der Waals surface area contributed by atoms with E-state index >= 15 is 0 Å². The summed E-state index contributed by atoms with van der Waals surface area (Å²) < 4.78 is 2.66. The molecule has 0 aliphatic rings. The molecule has 23 heavy (non-hydrogen) atoms. The minimum absolute atomic E-state index is 0.364. The van der Waals surface area contributed by atoms with Gasteiger partial charge in [0, 0.05) is 12.8 Å². The van der Waals surface area contributed by atoms with Crippen LogP contribution in [0.4, 0.5) is 5.13 Å². The first kappa shape index (κ1) is 16.6. The second-order valence-corrected chi connectivity index (χ2v) is 7.57. The number of hydrogen-bond acceptors (Lipinski definition) is 6. The zero-order chi connectivity index (χ0) is 16.2. The lowest BCUT2D eigenvalue weighted by Crippen LogP contribution is -2.04. The maximum Gasteiger partial charge on any atom is 0.206 e. The normalized spacial score (nSPS) is 10.9. The van der Waals surface area contributed by atoms with Crippen molar-refractivity contribution in [2.75, 3.05) is 5.32 Å². The highest BCUT2D eigenvalue weighted by Crippen LogP contribution is 2.29. The predicted octanol–water partition coefficient (Wildman–Crippen LogP) is 4.48. The van der Waals surface area contributed by atoms with Crippen LogP contribution in [0.3, 0.4) is 0 Å². The van der Waals surface area contributed by atoms with Crippen molar-refractivity contribution in [1.29, 1.82) is 0 Å². The molecule has 0 spiro atoms. The highest BCUT2D eigenvalue weighted by Gasteiger charge is 2.12. The summed E-state index contributed by atoms with van der Waals surface area (Å²) in [6.07, 6.45) is 0. The van der Waals surface area contributed by atoms with E-state index in [4.69, 9.17) is 23.2 Å². The summed E-state index contributed by atoms with van der Waals surface area (Å²) in [5, 5.41) is 13.0. The summed E-state index contributed by atoms with van der Waals surface area (Å²) in [7, 11) is 1.82. The summed E-state index contributed by atoms with van der Waals surface area (Å²) in [6.45, 7) is 0.493. The molecule has 0 bridgehead atoms. The molecule has 2 heterocycles. The van der Waals surface area contributed by atoms with Crippen molar-refractivity contribution in [2.45, 2.75) is 16.6 Å². The lowest BCUT2D eigenvalue weighted by Gasteiger charge is -2.03. The van der Waals surface area contributed by atoms with Crippen LogP contribution in [0.25, 0.3) is 0 Å². The molecule has 0 aliphatic heterocycles. The van der Waals surface area contributed by atoms with E-state index in [0.29, 0.717) is 17.0 Å². The average molecular weight is 386 g/mol. The Labute approximate surface area is 152 Å². The number of nitrogens with zero attached hydrogens (tertiary/aromatic N) is 4. The average Bonchev–Trinajstić information content (AvgIpc) is 3.10. The lowest BCUT2D eigenvalue weighted by molar-refractivity contribution is 0.836. The Bertz CT molecular complexity index is 788. The van der Waals surface area contributed by atoms with Crippen molar-refractivity contribution >= 4 is 51.4 Å². The summed E-state index contributed by atoms with van der Waals surface area (Å²) >= 11 is 15.2. The van der Waals surface area contributed by atoms with Gasteiger partial charge in [0.25, 0.3) is 0 Å². The Morgan fingerprint density at radius 2 is 2.00 bits per heavy atom. The smallest absolute Gasteiger partial charge is 0.206 e. The first-order valence-corrected chi connectivity index (χ1v) is 9.30. The van der Waals surface area contributed by atoms with Crippen molar-refractivity contribution in [2.24, 2.45) is 7.05 Å². The van der Waals surface area contributed by atoms with Crippen LogP contribution >= 0.6 is 46.3 Å². The van der Waals surface area contributed by atoms with Gasteiger partial charge in [0.15, 0.2) is 9.49 Å². The first-order valence-electron chi connectivity index (χ1n) is 6.74. The van der Waals surface area contributed by atoms with Crippen LogP contribution in [0, 0.1) is 0 Å². The predicted molar refractivity (Wildman–Crippen MR) is 96.5 cm³/mol. The molecule has 1 aromatic carbocycles. The number of halogens is 2.